The molecule has 0 saturated carbocycles. The first-order valence-corrected chi connectivity index (χ1v) is 9.32. The van der Waals surface area contributed by atoms with Crippen molar-refractivity contribution in [1.29, 1.82) is 0 Å². The quantitative estimate of drug-likeness (QED) is 0.762. The number of carbonyl (C=O) groups excluding carboxylic acids is 2. The summed E-state index contributed by atoms with van der Waals surface area (Å²) < 4.78 is 10.4. The predicted octanol–water partition coefficient (Wildman–Crippen LogP) is 3.36. The lowest BCUT2D eigenvalue weighted by molar-refractivity contribution is -0.148. The van der Waals surface area contributed by atoms with E-state index in [0.29, 0.717) is 6.42 Å². The van der Waals surface area contributed by atoms with Gasteiger partial charge in [-0.1, -0.05) is 42.5 Å². The number of amides is 1. The zero-order valence-corrected chi connectivity index (χ0v) is 15.6. The molecule has 0 saturated heterocycles. The number of para-hydroxylation sites is 1. The summed E-state index contributed by atoms with van der Waals surface area (Å²) >= 11 is 0. The molecule has 3 rings (SSSR count). The van der Waals surface area contributed by atoms with E-state index in [0.717, 1.165) is 30.6 Å². The molecular weight excluding hydrogens is 342 g/mol. The monoisotopic (exact) mass is 367 g/mol. The average Bonchev–Trinajstić information content (AvgIpc) is 2.71. The first-order chi connectivity index (χ1) is 13.2. The Hall–Kier alpha value is -2.82. The van der Waals surface area contributed by atoms with Gasteiger partial charge in [-0.15, -0.1) is 0 Å². The van der Waals surface area contributed by atoms with Crippen LogP contribution >= 0.6 is 0 Å². The van der Waals surface area contributed by atoms with Crippen LogP contribution in [0.1, 0.15) is 42.0 Å². The topological polar surface area (TPSA) is 64.6 Å². The minimum Gasteiger partial charge on any atom is -0.496 e. The summed E-state index contributed by atoms with van der Waals surface area (Å²) in [6, 6.07) is 15.7. The lowest BCUT2D eigenvalue weighted by Crippen LogP contribution is -2.34. The normalized spacial score (nSPS) is 15.5. The van der Waals surface area contributed by atoms with Gasteiger partial charge < -0.3 is 14.8 Å². The molecule has 5 nitrogen and oxygen atoms in total. The molecule has 5 heteroatoms. The van der Waals surface area contributed by atoms with Crippen LogP contribution in [0.3, 0.4) is 0 Å². The van der Waals surface area contributed by atoms with Crippen molar-refractivity contribution in [2.45, 2.75) is 38.1 Å². The Morgan fingerprint density at radius 3 is 2.74 bits per heavy atom. The molecule has 1 aliphatic rings. The number of hydrogen-bond donors (Lipinski definition) is 1. The highest BCUT2D eigenvalue weighted by Crippen LogP contribution is 2.29. The van der Waals surface area contributed by atoms with E-state index >= 15 is 0 Å². The molecule has 2 aromatic carbocycles. The third kappa shape index (κ3) is 5.09. The van der Waals surface area contributed by atoms with Gasteiger partial charge >= 0.3 is 5.97 Å². The summed E-state index contributed by atoms with van der Waals surface area (Å²) in [5.74, 6) is 0.0986. The van der Waals surface area contributed by atoms with Crippen molar-refractivity contribution in [3.8, 4) is 5.75 Å². The average molecular weight is 367 g/mol. The zero-order valence-electron chi connectivity index (χ0n) is 15.6. The summed E-state index contributed by atoms with van der Waals surface area (Å²) in [7, 11) is 1.60. The smallest absolute Gasteiger partial charge is 0.306 e. The van der Waals surface area contributed by atoms with Crippen molar-refractivity contribution < 1.29 is 19.1 Å². The molecule has 2 aromatic rings. The Bertz CT molecular complexity index is 802. The number of hydrogen-bond acceptors (Lipinski definition) is 4. The fraction of sp³-hybridized carbons (Fsp3) is 0.364. The molecule has 0 bridgehead atoms. The molecule has 0 heterocycles. The van der Waals surface area contributed by atoms with Gasteiger partial charge in [-0.3, -0.25) is 9.59 Å². The SMILES string of the molecule is COc1ccccc1CCC(=O)OCC(=O)N[C@H]1CCCc2ccccc21. The molecule has 1 amide bonds. The van der Waals surface area contributed by atoms with Gasteiger partial charge in [0.05, 0.1) is 13.2 Å². The fourth-order valence-electron chi connectivity index (χ4n) is 3.50. The number of nitrogens with one attached hydrogen (secondary N) is 1. The van der Waals surface area contributed by atoms with Crippen molar-refractivity contribution >= 4 is 11.9 Å². The van der Waals surface area contributed by atoms with Gasteiger partial charge in [-0.2, -0.15) is 0 Å². The molecule has 1 N–H and O–H groups in total. The lowest BCUT2D eigenvalue weighted by Gasteiger charge is -2.26. The van der Waals surface area contributed by atoms with Crippen LogP contribution in [0.4, 0.5) is 0 Å². The Morgan fingerprint density at radius 2 is 1.89 bits per heavy atom. The number of rotatable bonds is 7. The molecule has 0 unspecified atom stereocenters. The first-order valence-electron chi connectivity index (χ1n) is 9.32. The minimum absolute atomic E-state index is 0.00488. The second-order valence-electron chi connectivity index (χ2n) is 6.68. The molecule has 0 spiro atoms. The zero-order chi connectivity index (χ0) is 19.1. The second kappa shape index (κ2) is 9.21. The summed E-state index contributed by atoms with van der Waals surface area (Å²) in [6.45, 7) is -0.247. The lowest BCUT2D eigenvalue weighted by atomic mass is 9.88. The van der Waals surface area contributed by atoms with Gasteiger partial charge in [-0.05, 0) is 48.4 Å². The second-order valence-corrected chi connectivity index (χ2v) is 6.68. The van der Waals surface area contributed by atoms with Crippen molar-refractivity contribution in [2.75, 3.05) is 13.7 Å². The predicted molar refractivity (Wildman–Crippen MR) is 103 cm³/mol. The maximum atomic E-state index is 12.2. The molecular formula is C22H25NO4. The third-order valence-corrected chi connectivity index (χ3v) is 4.86. The van der Waals surface area contributed by atoms with Crippen molar-refractivity contribution in [3.63, 3.8) is 0 Å². The maximum Gasteiger partial charge on any atom is 0.306 e. The standard InChI is InChI=1S/C22H25NO4/c1-26-20-12-5-3-8-17(20)13-14-22(25)27-15-21(24)23-19-11-6-9-16-7-2-4-10-18(16)19/h2-5,7-8,10,12,19H,6,9,11,13-15H2,1H3,(H,23,24)/t19-/m0/s1. The number of aryl methyl sites for hydroxylation is 2. The maximum absolute atomic E-state index is 12.2. The summed E-state index contributed by atoms with van der Waals surface area (Å²) in [5.41, 5.74) is 3.39. The van der Waals surface area contributed by atoms with E-state index in [-0.39, 0.29) is 30.9 Å². The van der Waals surface area contributed by atoms with Crippen LogP contribution in [0, 0.1) is 0 Å². The third-order valence-electron chi connectivity index (χ3n) is 4.86. The Morgan fingerprint density at radius 1 is 1.11 bits per heavy atom. The minimum atomic E-state index is -0.389. The fourth-order valence-corrected chi connectivity index (χ4v) is 3.50. The van der Waals surface area contributed by atoms with Crippen LogP contribution in [0.25, 0.3) is 0 Å². The highest BCUT2D eigenvalue weighted by Gasteiger charge is 2.21. The van der Waals surface area contributed by atoms with E-state index in [2.05, 4.69) is 17.4 Å². The molecule has 0 radical (unpaired) electrons. The summed E-state index contributed by atoms with van der Waals surface area (Å²) in [6.07, 6.45) is 3.71. The highest BCUT2D eigenvalue weighted by atomic mass is 16.5. The number of ether oxygens (including phenoxy) is 2. The number of methoxy groups -OCH3 is 1. The number of esters is 1. The van der Waals surface area contributed by atoms with Crippen LogP contribution in [-0.4, -0.2) is 25.6 Å². The van der Waals surface area contributed by atoms with Gasteiger partial charge in [0.25, 0.3) is 5.91 Å². The highest BCUT2D eigenvalue weighted by molar-refractivity contribution is 5.81. The molecule has 142 valence electrons. The number of fused-ring (bicyclic) bond motifs is 1. The van der Waals surface area contributed by atoms with E-state index in [1.165, 1.54) is 11.1 Å². The summed E-state index contributed by atoms with van der Waals surface area (Å²) in [4.78, 5) is 24.2. The van der Waals surface area contributed by atoms with E-state index in [1.807, 2.05) is 36.4 Å². The van der Waals surface area contributed by atoms with Crippen LogP contribution in [-0.2, 0) is 27.2 Å². The van der Waals surface area contributed by atoms with Crippen molar-refractivity contribution in [2.24, 2.45) is 0 Å². The van der Waals surface area contributed by atoms with Crippen LogP contribution < -0.4 is 10.1 Å². The van der Waals surface area contributed by atoms with Gasteiger partial charge in [0.2, 0.25) is 0 Å². The largest absolute Gasteiger partial charge is 0.496 e. The Labute approximate surface area is 159 Å². The first kappa shape index (κ1) is 19.0. The summed E-state index contributed by atoms with van der Waals surface area (Å²) in [5, 5.41) is 2.99. The van der Waals surface area contributed by atoms with Crippen LogP contribution in [0.15, 0.2) is 48.5 Å². The molecule has 0 fully saturated rings. The van der Waals surface area contributed by atoms with Gasteiger partial charge in [0, 0.05) is 6.42 Å². The number of carbonyl (C=O) groups is 2. The van der Waals surface area contributed by atoms with Gasteiger partial charge in [0.1, 0.15) is 5.75 Å². The van der Waals surface area contributed by atoms with Crippen LogP contribution in [0.2, 0.25) is 0 Å². The molecule has 27 heavy (non-hydrogen) atoms. The van der Waals surface area contributed by atoms with Gasteiger partial charge in [-0.25, -0.2) is 0 Å². The molecule has 0 aliphatic heterocycles. The van der Waals surface area contributed by atoms with Crippen molar-refractivity contribution in [3.05, 3.63) is 65.2 Å². The van der Waals surface area contributed by atoms with E-state index in [1.54, 1.807) is 7.11 Å². The molecule has 1 atom stereocenters. The molecule has 0 aromatic heterocycles. The van der Waals surface area contributed by atoms with E-state index < -0.39 is 0 Å². The van der Waals surface area contributed by atoms with E-state index in [9.17, 15) is 9.59 Å². The number of benzene rings is 2. The Kier molecular flexibility index (Phi) is 6.47. The van der Waals surface area contributed by atoms with E-state index in [4.69, 9.17) is 9.47 Å². The molecule has 1 aliphatic carbocycles. The van der Waals surface area contributed by atoms with Crippen LogP contribution in [0.5, 0.6) is 5.75 Å². The van der Waals surface area contributed by atoms with Crippen molar-refractivity contribution in [1.82, 2.24) is 5.32 Å². The Balaban J connectivity index is 1.45. The van der Waals surface area contributed by atoms with Gasteiger partial charge in [0.15, 0.2) is 6.61 Å².